The third-order valence-corrected chi connectivity index (χ3v) is 3.14. The highest BCUT2D eigenvalue weighted by Gasteiger charge is 1.71. The molecule has 0 saturated heterocycles. The topological polar surface area (TPSA) is 0 Å². The molecule has 0 spiro atoms. The van der Waals surface area contributed by atoms with Gasteiger partial charge in [-0.2, -0.15) is 0 Å². The van der Waals surface area contributed by atoms with Crippen molar-refractivity contribution in [3.05, 3.63) is 0 Å². The van der Waals surface area contributed by atoms with E-state index in [1.54, 1.807) is 0 Å². The van der Waals surface area contributed by atoms with Crippen LogP contribution in [0.25, 0.3) is 0 Å². The molecule has 0 heterocycles. The Labute approximate surface area is 43.4 Å². The van der Waals surface area contributed by atoms with Crippen molar-refractivity contribution in [3.8, 4) is 0 Å². The largest absolute Gasteiger partial charge is 0.135 e. The molecule has 5 heavy (non-hydrogen) atoms. The fourth-order valence-corrected chi connectivity index (χ4v) is 2.08. The second-order valence-corrected chi connectivity index (χ2v) is 4.51. The van der Waals surface area contributed by atoms with E-state index in [9.17, 15) is 0 Å². The summed E-state index contributed by atoms with van der Waals surface area (Å²) in [5.74, 6) is 0. The van der Waals surface area contributed by atoms with Gasteiger partial charge < -0.3 is 0 Å². The molecule has 32 valence electrons. The first-order chi connectivity index (χ1) is 2.41. The Bertz CT molecular complexity index is 14.4. The molecule has 0 aromatic heterocycles. The molecule has 0 nitrogen and oxygen atoms in total. The van der Waals surface area contributed by atoms with Crippen molar-refractivity contribution in [1.82, 2.24) is 0 Å². The van der Waals surface area contributed by atoms with Crippen LogP contribution in [0.15, 0.2) is 0 Å². The van der Waals surface area contributed by atoms with Crippen molar-refractivity contribution in [3.63, 3.8) is 0 Å². The second-order valence-electron chi connectivity index (χ2n) is 1.04. The third kappa shape index (κ3) is 4.70. The van der Waals surface area contributed by atoms with Gasteiger partial charge in [0.25, 0.3) is 0 Å². The number of hydrogen-bond donors (Lipinski definition) is 0. The highest BCUT2D eigenvalue weighted by molar-refractivity contribution is 9.23. The van der Waals surface area contributed by atoms with E-state index in [1.807, 2.05) is 0 Å². The first-order valence-electron chi connectivity index (χ1n) is 1.97. The minimum Gasteiger partial charge on any atom is -0.135 e. The molecule has 0 atom stereocenters. The summed E-state index contributed by atoms with van der Waals surface area (Å²) in [6, 6.07) is 1.44. The molecule has 0 N–H and O–H groups in total. The average Bonchev–Trinajstić information content (AvgIpc) is 1.41. The molecule has 2 heteroatoms. The van der Waals surface area contributed by atoms with Gasteiger partial charge in [-0.1, -0.05) is 19.4 Å². The number of hydrogen-bond acceptors (Lipinski definition) is 0. The Balaban J connectivity index is 2.19. The molecule has 0 bridgehead atoms. The Morgan fingerprint density at radius 1 is 1.80 bits per heavy atom. The summed E-state index contributed by atoms with van der Waals surface area (Å²) in [4.78, 5) is 0. The molecule has 0 aromatic rings. The predicted octanol–water partition coefficient (Wildman–Crippen LogP) is 1.29. The highest BCUT2D eigenvalue weighted by atomic mass is 79.9. The maximum atomic E-state index is 3.45. The summed E-state index contributed by atoms with van der Waals surface area (Å²) in [6.45, 7) is 2.22. The molecule has 0 aliphatic heterocycles. The van der Waals surface area contributed by atoms with Crippen LogP contribution < -0.4 is 0 Å². The zero-order valence-corrected chi connectivity index (χ0v) is 6.50. The van der Waals surface area contributed by atoms with Crippen molar-refractivity contribution in [2.45, 2.75) is 19.4 Å². The standard InChI is InChI=1S/C3H9BrSi/c1-2-3-5-4/h2-3,5H2,1H3. The van der Waals surface area contributed by atoms with Crippen LogP contribution in [-0.4, -0.2) is 8.14 Å². The molecular weight excluding hydrogens is 144 g/mol. The van der Waals surface area contributed by atoms with E-state index in [0.717, 1.165) is 0 Å². The van der Waals surface area contributed by atoms with E-state index in [4.69, 9.17) is 0 Å². The quantitative estimate of drug-likeness (QED) is 0.414. The van der Waals surface area contributed by atoms with Crippen molar-refractivity contribution in [2.75, 3.05) is 0 Å². The Morgan fingerprint density at radius 2 is 2.40 bits per heavy atom. The van der Waals surface area contributed by atoms with E-state index in [2.05, 4.69) is 22.2 Å². The Hall–Kier alpha value is 0.697. The van der Waals surface area contributed by atoms with Crippen LogP contribution in [0, 0.1) is 0 Å². The van der Waals surface area contributed by atoms with Gasteiger partial charge in [-0.3, -0.25) is 0 Å². The second kappa shape index (κ2) is 4.70. The van der Waals surface area contributed by atoms with E-state index >= 15 is 0 Å². The predicted molar refractivity (Wildman–Crippen MR) is 32.6 cm³/mol. The lowest BCUT2D eigenvalue weighted by molar-refractivity contribution is 1.08. The smallest absolute Gasteiger partial charge is 0.0985 e. The minimum atomic E-state index is 0.226. The molecule has 0 fully saturated rings. The third-order valence-electron chi connectivity index (χ3n) is 0.487. The fourth-order valence-electron chi connectivity index (χ4n) is 0.134. The van der Waals surface area contributed by atoms with Crippen molar-refractivity contribution < 1.29 is 0 Å². The first-order valence-corrected chi connectivity index (χ1v) is 6.87. The van der Waals surface area contributed by atoms with E-state index < -0.39 is 0 Å². The lowest BCUT2D eigenvalue weighted by Gasteiger charge is -1.76. The summed E-state index contributed by atoms with van der Waals surface area (Å²) in [5.41, 5.74) is 0. The van der Waals surface area contributed by atoms with Gasteiger partial charge >= 0.3 is 0 Å². The highest BCUT2D eigenvalue weighted by Crippen LogP contribution is 1.87. The summed E-state index contributed by atoms with van der Waals surface area (Å²) < 4.78 is 0. The number of halogens is 1. The summed E-state index contributed by atoms with van der Waals surface area (Å²) in [7, 11) is 0.226. The zero-order chi connectivity index (χ0) is 4.12. The molecule has 0 aliphatic rings. The summed E-state index contributed by atoms with van der Waals surface area (Å²) >= 11 is 3.45. The molecule has 0 radical (unpaired) electrons. The van der Waals surface area contributed by atoms with Gasteiger partial charge in [0, 0.05) is 0 Å². The van der Waals surface area contributed by atoms with Gasteiger partial charge in [-0.15, -0.1) is 15.3 Å². The van der Waals surface area contributed by atoms with E-state index in [0.29, 0.717) is 0 Å². The maximum Gasteiger partial charge on any atom is 0.0985 e. The van der Waals surface area contributed by atoms with Crippen molar-refractivity contribution >= 4 is 23.4 Å². The number of rotatable bonds is 2. The van der Waals surface area contributed by atoms with Crippen LogP contribution in [0.1, 0.15) is 13.3 Å². The van der Waals surface area contributed by atoms with Gasteiger partial charge in [0.2, 0.25) is 0 Å². The van der Waals surface area contributed by atoms with Crippen LogP contribution in [0.4, 0.5) is 0 Å². The van der Waals surface area contributed by atoms with Gasteiger partial charge in [0.05, 0.1) is 8.14 Å². The Kier molecular flexibility index (Phi) is 5.35. The van der Waals surface area contributed by atoms with Crippen LogP contribution >= 0.6 is 15.3 Å². The first kappa shape index (κ1) is 5.70. The van der Waals surface area contributed by atoms with Crippen LogP contribution in [-0.2, 0) is 0 Å². The van der Waals surface area contributed by atoms with Gasteiger partial charge in [-0.05, 0) is 0 Å². The fraction of sp³-hybridized carbons (Fsp3) is 1.00. The van der Waals surface area contributed by atoms with Gasteiger partial charge in [0.15, 0.2) is 0 Å². The maximum absolute atomic E-state index is 3.45. The van der Waals surface area contributed by atoms with Crippen molar-refractivity contribution in [2.24, 2.45) is 0 Å². The Morgan fingerprint density at radius 3 is 2.40 bits per heavy atom. The lowest BCUT2D eigenvalue weighted by atomic mass is 10.6. The average molecular weight is 153 g/mol. The molecular formula is C3H9BrSi. The minimum absolute atomic E-state index is 0.226. The molecule has 0 aromatic carbocycles. The SMILES string of the molecule is CCC[SiH2]Br. The normalized spacial score (nSPS) is 10.8. The van der Waals surface area contributed by atoms with Gasteiger partial charge in [0.1, 0.15) is 0 Å². The lowest BCUT2D eigenvalue weighted by Crippen LogP contribution is -1.68. The molecule has 0 unspecified atom stereocenters. The van der Waals surface area contributed by atoms with E-state index in [-0.39, 0.29) is 8.14 Å². The van der Waals surface area contributed by atoms with Gasteiger partial charge in [-0.25, -0.2) is 0 Å². The summed E-state index contributed by atoms with van der Waals surface area (Å²) in [6.07, 6.45) is 1.36. The van der Waals surface area contributed by atoms with Crippen molar-refractivity contribution in [1.29, 1.82) is 0 Å². The molecule has 0 rings (SSSR count). The van der Waals surface area contributed by atoms with E-state index in [1.165, 1.54) is 12.5 Å². The molecule has 0 amide bonds. The zero-order valence-electron chi connectivity index (χ0n) is 3.50. The summed E-state index contributed by atoms with van der Waals surface area (Å²) in [5, 5.41) is 0. The monoisotopic (exact) mass is 152 g/mol. The molecule has 0 aliphatic carbocycles. The molecule has 0 saturated carbocycles. The van der Waals surface area contributed by atoms with Crippen LogP contribution in [0.5, 0.6) is 0 Å². The van der Waals surface area contributed by atoms with Crippen LogP contribution in [0.3, 0.4) is 0 Å². The van der Waals surface area contributed by atoms with Crippen LogP contribution in [0.2, 0.25) is 6.04 Å².